The van der Waals surface area contributed by atoms with Crippen molar-refractivity contribution in [3.63, 3.8) is 0 Å². The van der Waals surface area contributed by atoms with Gasteiger partial charge in [0.15, 0.2) is 4.90 Å². The Morgan fingerprint density at radius 1 is 1.25 bits per heavy atom. The number of hydrogen-bond acceptors (Lipinski definition) is 5. The molecule has 0 aromatic heterocycles. The van der Waals surface area contributed by atoms with E-state index in [1.54, 1.807) is 25.1 Å². The third-order valence-electron chi connectivity index (χ3n) is 3.36. The van der Waals surface area contributed by atoms with E-state index in [4.69, 9.17) is 4.74 Å². The van der Waals surface area contributed by atoms with Crippen LogP contribution in [0.25, 0.3) is 0 Å². The van der Waals surface area contributed by atoms with Crippen LogP contribution in [0.4, 0.5) is 5.69 Å². The molecular weight excluding hydrogens is 400 g/mol. The van der Waals surface area contributed by atoms with E-state index >= 15 is 0 Å². The van der Waals surface area contributed by atoms with E-state index in [0.717, 1.165) is 22.2 Å². The molecule has 1 unspecified atom stereocenters. The number of ether oxygens (including phenoxy) is 1. The Kier molecular flexibility index (Phi) is 5.58. The second kappa shape index (κ2) is 7.29. The average molecular weight is 415 g/mol. The molecule has 0 aliphatic rings. The van der Waals surface area contributed by atoms with Gasteiger partial charge in [0.05, 0.1) is 18.1 Å². The summed E-state index contributed by atoms with van der Waals surface area (Å²) in [5.41, 5.74) is 0.179. The molecule has 0 aliphatic heterocycles. The minimum absolute atomic E-state index is 0.208. The molecule has 128 valence electrons. The summed E-state index contributed by atoms with van der Waals surface area (Å²) < 4.78 is 33.3. The molecule has 2 aromatic rings. The highest BCUT2D eigenvalue weighted by Gasteiger charge is 2.28. The van der Waals surface area contributed by atoms with Gasteiger partial charge in [-0.3, -0.25) is 10.1 Å². The summed E-state index contributed by atoms with van der Waals surface area (Å²) in [7, 11) is -2.75. The Labute approximate surface area is 148 Å². The van der Waals surface area contributed by atoms with Gasteiger partial charge in [-0.2, -0.15) is 0 Å². The van der Waals surface area contributed by atoms with Crippen molar-refractivity contribution >= 4 is 31.6 Å². The molecule has 2 aromatic carbocycles. The molecule has 7 nitrogen and oxygen atoms in total. The number of sulfonamides is 1. The van der Waals surface area contributed by atoms with E-state index in [2.05, 4.69) is 20.7 Å². The minimum atomic E-state index is -4.09. The fraction of sp³-hybridized carbons (Fsp3) is 0.200. The van der Waals surface area contributed by atoms with Crippen LogP contribution in [0, 0.1) is 10.1 Å². The lowest BCUT2D eigenvalue weighted by Gasteiger charge is -2.16. The molecule has 9 heteroatoms. The second-order valence-electron chi connectivity index (χ2n) is 4.96. The zero-order valence-electron chi connectivity index (χ0n) is 12.9. The van der Waals surface area contributed by atoms with Gasteiger partial charge in [-0.05, 0) is 30.7 Å². The molecule has 0 aliphatic carbocycles. The number of nitro groups is 1. The van der Waals surface area contributed by atoms with E-state index in [9.17, 15) is 18.5 Å². The van der Waals surface area contributed by atoms with Crippen LogP contribution >= 0.6 is 15.9 Å². The Balaban J connectivity index is 2.41. The fourth-order valence-electron chi connectivity index (χ4n) is 2.18. The smallest absolute Gasteiger partial charge is 0.293 e. The molecule has 0 saturated heterocycles. The summed E-state index contributed by atoms with van der Waals surface area (Å²) in [6, 6.07) is 10.2. The molecule has 0 amide bonds. The van der Waals surface area contributed by atoms with Gasteiger partial charge < -0.3 is 4.74 Å². The first-order valence-corrected chi connectivity index (χ1v) is 9.13. The number of nitrogens with zero attached hydrogens (tertiary/aromatic N) is 1. The number of methoxy groups -OCH3 is 1. The highest BCUT2D eigenvalue weighted by molar-refractivity contribution is 9.10. The zero-order chi connectivity index (χ0) is 17.9. The maximum absolute atomic E-state index is 12.6. The van der Waals surface area contributed by atoms with Crippen LogP contribution in [0.15, 0.2) is 51.8 Å². The Hall–Kier alpha value is -1.97. The van der Waals surface area contributed by atoms with E-state index in [0.29, 0.717) is 0 Å². The van der Waals surface area contributed by atoms with Crippen molar-refractivity contribution in [1.29, 1.82) is 0 Å². The van der Waals surface area contributed by atoms with Crippen LogP contribution in [-0.4, -0.2) is 20.5 Å². The van der Waals surface area contributed by atoms with E-state index in [1.165, 1.54) is 13.2 Å². The fourth-order valence-corrected chi connectivity index (χ4v) is 4.18. The van der Waals surface area contributed by atoms with Crippen molar-refractivity contribution in [1.82, 2.24) is 4.72 Å². The summed E-state index contributed by atoms with van der Waals surface area (Å²) in [5, 5.41) is 11.2. The van der Waals surface area contributed by atoms with Crippen molar-refractivity contribution in [2.45, 2.75) is 17.9 Å². The molecule has 0 saturated carbocycles. The Morgan fingerprint density at radius 2 is 1.92 bits per heavy atom. The maximum Gasteiger partial charge on any atom is 0.293 e. The van der Waals surface area contributed by atoms with Crippen LogP contribution in [0.5, 0.6) is 5.75 Å². The second-order valence-corrected chi connectivity index (χ2v) is 7.49. The SMILES string of the molecule is COc1ccc(S(=O)(=O)NC(C)c2ccccc2Br)c([N+](=O)[O-])c1. The van der Waals surface area contributed by atoms with E-state index in [-0.39, 0.29) is 5.75 Å². The van der Waals surface area contributed by atoms with Crippen LogP contribution in [0.1, 0.15) is 18.5 Å². The monoisotopic (exact) mass is 414 g/mol. The Bertz CT molecular complexity index is 870. The average Bonchev–Trinajstić information content (AvgIpc) is 2.54. The molecule has 0 heterocycles. The lowest BCUT2D eigenvalue weighted by atomic mass is 10.1. The molecule has 0 spiro atoms. The van der Waals surface area contributed by atoms with Crippen LogP contribution in [0.2, 0.25) is 0 Å². The van der Waals surface area contributed by atoms with Gasteiger partial charge in [0.1, 0.15) is 5.75 Å². The van der Waals surface area contributed by atoms with Crippen molar-refractivity contribution in [2.24, 2.45) is 0 Å². The van der Waals surface area contributed by atoms with E-state index < -0.39 is 31.6 Å². The highest BCUT2D eigenvalue weighted by atomic mass is 79.9. The predicted octanol–water partition coefficient (Wildman–Crippen LogP) is 3.41. The molecule has 0 bridgehead atoms. The van der Waals surface area contributed by atoms with Crippen LogP contribution < -0.4 is 9.46 Å². The number of halogens is 1. The standard InChI is InChI=1S/C15H15BrN2O5S/c1-10(12-5-3-4-6-13(12)16)17-24(21,22)15-8-7-11(23-2)9-14(15)18(19)20/h3-10,17H,1-2H3. The van der Waals surface area contributed by atoms with Gasteiger partial charge >= 0.3 is 0 Å². The summed E-state index contributed by atoms with van der Waals surface area (Å²) in [5.74, 6) is 0.208. The van der Waals surface area contributed by atoms with Gasteiger partial charge in [0, 0.05) is 10.5 Å². The topological polar surface area (TPSA) is 98.5 Å². The quantitative estimate of drug-likeness (QED) is 0.576. The summed E-state index contributed by atoms with van der Waals surface area (Å²) in [6.45, 7) is 1.66. The summed E-state index contributed by atoms with van der Waals surface area (Å²) >= 11 is 3.36. The molecule has 0 radical (unpaired) electrons. The Morgan fingerprint density at radius 3 is 2.50 bits per heavy atom. The zero-order valence-corrected chi connectivity index (χ0v) is 15.3. The number of nitrogens with one attached hydrogen (secondary N) is 1. The van der Waals surface area contributed by atoms with Crippen molar-refractivity contribution in [3.05, 3.63) is 62.6 Å². The summed E-state index contributed by atoms with van der Waals surface area (Å²) in [6.07, 6.45) is 0. The third kappa shape index (κ3) is 3.92. The summed E-state index contributed by atoms with van der Waals surface area (Å²) in [4.78, 5) is 10.0. The first kappa shape index (κ1) is 18.4. The van der Waals surface area contributed by atoms with Crippen molar-refractivity contribution in [3.8, 4) is 5.75 Å². The number of benzene rings is 2. The largest absolute Gasteiger partial charge is 0.497 e. The predicted molar refractivity (Wildman–Crippen MR) is 92.5 cm³/mol. The minimum Gasteiger partial charge on any atom is -0.497 e. The van der Waals surface area contributed by atoms with Gasteiger partial charge in [0.2, 0.25) is 10.0 Å². The number of rotatable bonds is 6. The lowest BCUT2D eigenvalue weighted by molar-refractivity contribution is -0.387. The van der Waals surface area contributed by atoms with Gasteiger partial charge in [-0.1, -0.05) is 34.1 Å². The number of hydrogen-bond donors (Lipinski definition) is 1. The van der Waals surface area contributed by atoms with Crippen molar-refractivity contribution in [2.75, 3.05) is 7.11 Å². The van der Waals surface area contributed by atoms with Gasteiger partial charge in [-0.25, -0.2) is 13.1 Å². The lowest BCUT2D eigenvalue weighted by Crippen LogP contribution is -2.27. The molecular formula is C15H15BrN2O5S. The molecule has 1 atom stereocenters. The molecule has 24 heavy (non-hydrogen) atoms. The molecule has 0 fully saturated rings. The van der Waals surface area contributed by atoms with Crippen molar-refractivity contribution < 1.29 is 18.1 Å². The highest BCUT2D eigenvalue weighted by Crippen LogP contribution is 2.30. The van der Waals surface area contributed by atoms with Crippen LogP contribution in [0.3, 0.4) is 0 Å². The molecule has 1 N–H and O–H groups in total. The first-order chi connectivity index (χ1) is 11.3. The third-order valence-corrected chi connectivity index (χ3v) is 5.67. The van der Waals surface area contributed by atoms with Gasteiger partial charge in [-0.15, -0.1) is 0 Å². The van der Waals surface area contributed by atoms with Gasteiger partial charge in [0.25, 0.3) is 5.69 Å². The first-order valence-electron chi connectivity index (χ1n) is 6.85. The van der Waals surface area contributed by atoms with Crippen LogP contribution in [-0.2, 0) is 10.0 Å². The number of nitro benzene ring substituents is 1. The van der Waals surface area contributed by atoms with E-state index in [1.807, 2.05) is 6.07 Å². The molecule has 2 rings (SSSR count). The maximum atomic E-state index is 12.6. The normalized spacial score (nSPS) is 12.6.